The summed E-state index contributed by atoms with van der Waals surface area (Å²) in [6.07, 6.45) is 1.81. The highest BCUT2D eigenvalue weighted by Gasteiger charge is 1.99. The average Bonchev–Trinajstić information content (AvgIpc) is 2.21. The molecule has 74 valence electrons. The van der Waals surface area contributed by atoms with E-state index < -0.39 is 0 Å². The summed E-state index contributed by atoms with van der Waals surface area (Å²) in [6.45, 7) is 4.19. The van der Waals surface area contributed by atoms with Crippen molar-refractivity contribution in [3.63, 3.8) is 0 Å². The van der Waals surface area contributed by atoms with Crippen molar-refractivity contribution in [2.75, 3.05) is 0 Å². The van der Waals surface area contributed by atoms with Gasteiger partial charge in [0.15, 0.2) is 5.82 Å². The third-order valence-corrected chi connectivity index (χ3v) is 2.57. The summed E-state index contributed by atoms with van der Waals surface area (Å²) in [5.74, 6) is 0.612. The number of aromatic nitrogens is 1. The minimum Gasteiger partial charge on any atom is -0.236 e. The summed E-state index contributed by atoms with van der Waals surface area (Å²) in [6, 6.07) is 6.18. The van der Waals surface area contributed by atoms with Gasteiger partial charge in [-0.1, -0.05) is 6.07 Å². The maximum Gasteiger partial charge on any atom is 0.163 e. The molecule has 0 atom stereocenters. The van der Waals surface area contributed by atoms with Gasteiger partial charge in [0.2, 0.25) is 0 Å². The molecule has 1 aromatic heterocycles. The van der Waals surface area contributed by atoms with E-state index in [2.05, 4.69) is 53.3 Å². The van der Waals surface area contributed by atoms with E-state index >= 15 is 0 Å². The number of aliphatic imine (C=N–C) groups is 1. The fourth-order valence-electron chi connectivity index (χ4n) is 1.52. The first-order valence-corrected chi connectivity index (χ1v) is 5.06. The third-order valence-electron chi connectivity index (χ3n) is 2.48. The molecule has 2 rings (SSSR count). The van der Waals surface area contributed by atoms with Gasteiger partial charge in [-0.05, 0) is 54.7 Å². The topological polar surface area (TPSA) is 25.2 Å². The molecule has 0 radical (unpaired) electrons. The molecule has 0 unspecified atom stereocenters. The molecule has 1 aromatic carbocycles. The van der Waals surface area contributed by atoms with Crippen molar-refractivity contribution in [2.45, 2.75) is 13.8 Å². The number of thiocarbonyl (C=S) groups is 1. The minimum atomic E-state index is 0.612. The molecular formula is C12H10N2S. The van der Waals surface area contributed by atoms with Gasteiger partial charge in [-0.2, -0.15) is 4.99 Å². The van der Waals surface area contributed by atoms with Gasteiger partial charge in [0, 0.05) is 11.6 Å². The predicted octanol–water partition coefficient (Wildman–Crippen LogP) is 3.59. The van der Waals surface area contributed by atoms with Crippen LogP contribution in [-0.4, -0.2) is 10.1 Å². The first-order chi connectivity index (χ1) is 7.20. The number of nitrogens with zero attached hydrogens (tertiary/aromatic N) is 2. The van der Waals surface area contributed by atoms with Crippen LogP contribution in [0.3, 0.4) is 0 Å². The highest BCUT2D eigenvalue weighted by atomic mass is 32.1. The number of benzene rings is 1. The van der Waals surface area contributed by atoms with Crippen molar-refractivity contribution in [2.24, 2.45) is 4.99 Å². The highest BCUT2D eigenvalue weighted by molar-refractivity contribution is 7.78. The Bertz CT molecular complexity index is 569. The van der Waals surface area contributed by atoms with Crippen LogP contribution >= 0.6 is 12.2 Å². The SMILES string of the molecule is Cc1cc2cnc(N=C=S)cc2cc1C. The van der Waals surface area contributed by atoms with Crippen LogP contribution < -0.4 is 0 Å². The molecular weight excluding hydrogens is 204 g/mol. The Balaban J connectivity index is 2.71. The summed E-state index contributed by atoms with van der Waals surface area (Å²) in [5, 5.41) is 4.58. The molecule has 0 aliphatic heterocycles. The standard InChI is InChI=1S/C12H10N2S/c1-8-3-10-5-12(14-7-15)13-6-11(10)4-9(8)2/h3-6H,1-2H3. The van der Waals surface area contributed by atoms with Crippen LogP contribution in [0.1, 0.15) is 11.1 Å². The van der Waals surface area contributed by atoms with Crippen LogP contribution in [0.25, 0.3) is 10.8 Å². The quantitative estimate of drug-likeness (QED) is 0.535. The second-order valence-corrected chi connectivity index (χ2v) is 3.71. The maximum absolute atomic E-state index is 4.55. The molecule has 0 N–H and O–H groups in total. The van der Waals surface area contributed by atoms with E-state index in [4.69, 9.17) is 0 Å². The predicted molar refractivity (Wildman–Crippen MR) is 65.9 cm³/mol. The van der Waals surface area contributed by atoms with Gasteiger partial charge in [-0.3, -0.25) is 0 Å². The summed E-state index contributed by atoms with van der Waals surface area (Å²) >= 11 is 4.55. The van der Waals surface area contributed by atoms with Crippen LogP contribution in [0.4, 0.5) is 5.82 Å². The Labute approximate surface area is 93.7 Å². The normalized spacial score (nSPS) is 10.0. The summed E-state index contributed by atoms with van der Waals surface area (Å²) in [5.41, 5.74) is 2.54. The fourth-order valence-corrected chi connectivity index (χ4v) is 1.61. The lowest BCUT2D eigenvalue weighted by Crippen LogP contribution is -1.83. The second-order valence-electron chi connectivity index (χ2n) is 3.53. The monoisotopic (exact) mass is 214 g/mol. The number of hydrogen-bond acceptors (Lipinski definition) is 3. The third kappa shape index (κ3) is 1.94. The zero-order valence-corrected chi connectivity index (χ0v) is 9.43. The van der Waals surface area contributed by atoms with Crippen LogP contribution in [0, 0.1) is 13.8 Å². The van der Waals surface area contributed by atoms with Gasteiger partial charge in [0.1, 0.15) is 0 Å². The van der Waals surface area contributed by atoms with Gasteiger partial charge in [0.05, 0.1) is 5.16 Å². The Hall–Kier alpha value is -1.57. The molecule has 15 heavy (non-hydrogen) atoms. The molecule has 0 aliphatic rings. The Morgan fingerprint density at radius 3 is 2.47 bits per heavy atom. The number of pyridine rings is 1. The number of rotatable bonds is 1. The fraction of sp³-hybridized carbons (Fsp3) is 0.167. The van der Waals surface area contributed by atoms with Gasteiger partial charge < -0.3 is 0 Å². The van der Waals surface area contributed by atoms with Crippen molar-refractivity contribution < 1.29 is 0 Å². The zero-order chi connectivity index (χ0) is 10.8. The van der Waals surface area contributed by atoms with E-state index in [0.717, 1.165) is 10.8 Å². The molecule has 0 spiro atoms. The van der Waals surface area contributed by atoms with E-state index in [9.17, 15) is 0 Å². The zero-order valence-electron chi connectivity index (χ0n) is 8.61. The average molecular weight is 214 g/mol. The first kappa shape index (κ1) is 9.97. The van der Waals surface area contributed by atoms with E-state index in [0.29, 0.717) is 5.82 Å². The summed E-state index contributed by atoms with van der Waals surface area (Å²) in [4.78, 5) is 8.03. The molecule has 2 nitrogen and oxygen atoms in total. The van der Waals surface area contributed by atoms with Gasteiger partial charge in [0.25, 0.3) is 0 Å². The van der Waals surface area contributed by atoms with E-state index in [1.807, 2.05) is 12.3 Å². The molecule has 1 heterocycles. The molecule has 0 bridgehead atoms. The molecule has 0 saturated heterocycles. The van der Waals surface area contributed by atoms with E-state index in [1.54, 1.807) is 0 Å². The second kappa shape index (κ2) is 3.89. The Kier molecular flexibility index (Phi) is 2.58. The highest BCUT2D eigenvalue weighted by Crippen LogP contribution is 2.21. The number of fused-ring (bicyclic) bond motifs is 1. The molecule has 0 aliphatic carbocycles. The molecule has 2 aromatic rings. The van der Waals surface area contributed by atoms with Gasteiger partial charge in [-0.25, -0.2) is 4.98 Å². The number of isothiocyanates is 1. The van der Waals surface area contributed by atoms with Crippen molar-refractivity contribution in [3.05, 3.63) is 35.5 Å². The molecule has 0 fully saturated rings. The van der Waals surface area contributed by atoms with Crippen molar-refractivity contribution in [3.8, 4) is 0 Å². The van der Waals surface area contributed by atoms with E-state index in [1.165, 1.54) is 11.1 Å². The lowest BCUT2D eigenvalue weighted by Gasteiger charge is -2.03. The van der Waals surface area contributed by atoms with Crippen LogP contribution in [0.15, 0.2) is 29.4 Å². The molecule has 0 saturated carbocycles. The Morgan fingerprint density at radius 1 is 1.13 bits per heavy atom. The number of hydrogen-bond donors (Lipinski definition) is 0. The van der Waals surface area contributed by atoms with Crippen molar-refractivity contribution in [1.29, 1.82) is 0 Å². The minimum absolute atomic E-state index is 0.612. The van der Waals surface area contributed by atoms with Gasteiger partial charge in [-0.15, -0.1) is 0 Å². The Morgan fingerprint density at radius 2 is 1.80 bits per heavy atom. The molecule has 0 amide bonds. The first-order valence-electron chi connectivity index (χ1n) is 4.65. The largest absolute Gasteiger partial charge is 0.236 e. The smallest absolute Gasteiger partial charge is 0.163 e. The van der Waals surface area contributed by atoms with Crippen LogP contribution in [-0.2, 0) is 0 Å². The van der Waals surface area contributed by atoms with Crippen molar-refractivity contribution in [1.82, 2.24) is 4.98 Å². The summed E-state index contributed by atoms with van der Waals surface area (Å²) in [7, 11) is 0. The van der Waals surface area contributed by atoms with Crippen molar-refractivity contribution >= 4 is 34.0 Å². The van der Waals surface area contributed by atoms with Gasteiger partial charge >= 0.3 is 0 Å². The van der Waals surface area contributed by atoms with Crippen LogP contribution in [0.5, 0.6) is 0 Å². The van der Waals surface area contributed by atoms with Crippen LogP contribution in [0.2, 0.25) is 0 Å². The lowest BCUT2D eigenvalue weighted by molar-refractivity contribution is 1.30. The maximum atomic E-state index is 4.55. The number of aryl methyl sites for hydroxylation is 2. The molecule has 3 heteroatoms. The lowest BCUT2D eigenvalue weighted by atomic mass is 10.0. The van der Waals surface area contributed by atoms with E-state index in [-0.39, 0.29) is 0 Å². The summed E-state index contributed by atoms with van der Waals surface area (Å²) < 4.78 is 0.